The van der Waals surface area contributed by atoms with Crippen molar-refractivity contribution in [2.75, 3.05) is 45.9 Å². The molecular weight excluding hydrogens is 409 g/mol. The summed E-state index contributed by atoms with van der Waals surface area (Å²) in [5.41, 5.74) is 0. The molecule has 2 fully saturated rings. The summed E-state index contributed by atoms with van der Waals surface area (Å²) in [6, 6.07) is 8.00. The zero-order chi connectivity index (χ0) is 17.6. The van der Waals surface area contributed by atoms with Gasteiger partial charge in [0.2, 0.25) is 5.91 Å². The standard InChI is InChI=1S/C19H28ClN3O2.2ClH/c1-15-14-16(6-7-21-15)19(24)23-10-8-22(9-11-23)12-13-25-18-5-3-2-4-17(18)20;;/h2-5,15-16,21H,6-14H2,1H3;2*1H/t15-,16-;;/m0../s1. The summed E-state index contributed by atoms with van der Waals surface area (Å²) in [6.07, 6.45) is 1.93. The highest BCUT2D eigenvalue weighted by Crippen LogP contribution is 2.23. The summed E-state index contributed by atoms with van der Waals surface area (Å²) in [4.78, 5) is 17.1. The molecule has 2 heterocycles. The second kappa shape index (κ2) is 12.0. The Morgan fingerprint density at radius 2 is 1.93 bits per heavy atom. The second-order valence-electron chi connectivity index (χ2n) is 7.02. The molecule has 2 aliphatic rings. The van der Waals surface area contributed by atoms with Gasteiger partial charge in [0, 0.05) is 44.7 Å². The van der Waals surface area contributed by atoms with Gasteiger partial charge in [-0.05, 0) is 38.4 Å². The first-order chi connectivity index (χ1) is 12.1. The highest BCUT2D eigenvalue weighted by molar-refractivity contribution is 6.32. The minimum absolute atomic E-state index is 0. The van der Waals surface area contributed by atoms with Crippen LogP contribution in [0.15, 0.2) is 24.3 Å². The van der Waals surface area contributed by atoms with E-state index in [-0.39, 0.29) is 30.7 Å². The number of carbonyl (C=O) groups excluding carboxylic acids is 1. The monoisotopic (exact) mass is 437 g/mol. The molecule has 0 bridgehead atoms. The van der Waals surface area contributed by atoms with Gasteiger partial charge in [0.25, 0.3) is 0 Å². The number of benzene rings is 1. The molecular formula is C19H30Cl3N3O2. The van der Waals surface area contributed by atoms with Crippen LogP contribution < -0.4 is 10.1 Å². The van der Waals surface area contributed by atoms with Gasteiger partial charge in [-0.3, -0.25) is 9.69 Å². The topological polar surface area (TPSA) is 44.8 Å². The first-order valence-corrected chi connectivity index (χ1v) is 9.63. The van der Waals surface area contributed by atoms with Gasteiger partial charge in [0.1, 0.15) is 12.4 Å². The quantitative estimate of drug-likeness (QED) is 0.767. The number of halogens is 3. The van der Waals surface area contributed by atoms with Crippen LogP contribution in [0.3, 0.4) is 0 Å². The third-order valence-corrected chi connectivity index (χ3v) is 5.47. The maximum absolute atomic E-state index is 12.7. The lowest BCUT2D eigenvalue weighted by molar-refractivity contribution is -0.138. The van der Waals surface area contributed by atoms with Crippen LogP contribution in [0.2, 0.25) is 5.02 Å². The van der Waals surface area contributed by atoms with E-state index in [1.54, 1.807) is 0 Å². The molecule has 1 amide bonds. The van der Waals surface area contributed by atoms with Crippen molar-refractivity contribution < 1.29 is 9.53 Å². The molecule has 0 aliphatic carbocycles. The number of ether oxygens (including phenoxy) is 1. The average Bonchev–Trinajstić information content (AvgIpc) is 2.63. The molecule has 1 N–H and O–H groups in total. The lowest BCUT2D eigenvalue weighted by Gasteiger charge is -2.38. The Hall–Kier alpha value is -0.720. The summed E-state index contributed by atoms with van der Waals surface area (Å²) in [6.45, 7) is 8.07. The SMILES string of the molecule is C[C@H]1C[C@@H](C(=O)N2CCN(CCOc3ccccc3Cl)CC2)CCN1.Cl.Cl. The van der Waals surface area contributed by atoms with Crippen molar-refractivity contribution in [3.8, 4) is 5.75 Å². The van der Waals surface area contributed by atoms with Crippen LogP contribution in [0.4, 0.5) is 0 Å². The van der Waals surface area contributed by atoms with E-state index < -0.39 is 0 Å². The fourth-order valence-electron chi connectivity index (χ4n) is 3.65. The van der Waals surface area contributed by atoms with Gasteiger partial charge in [-0.1, -0.05) is 23.7 Å². The maximum Gasteiger partial charge on any atom is 0.225 e. The lowest BCUT2D eigenvalue weighted by Crippen LogP contribution is -2.52. The van der Waals surface area contributed by atoms with Crippen molar-refractivity contribution in [3.63, 3.8) is 0 Å². The number of nitrogens with zero attached hydrogens (tertiary/aromatic N) is 2. The molecule has 2 saturated heterocycles. The van der Waals surface area contributed by atoms with E-state index in [9.17, 15) is 4.79 Å². The summed E-state index contributed by atoms with van der Waals surface area (Å²) in [5, 5.41) is 4.06. The molecule has 27 heavy (non-hydrogen) atoms. The van der Waals surface area contributed by atoms with Crippen molar-refractivity contribution in [3.05, 3.63) is 29.3 Å². The third kappa shape index (κ3) is 6.99. The van der Waals surface area contributed by atoms with Crippen LogP contribution in [0.25, 0.3) is 0 Å². The summed E-state index contributed by atoms with van der Waals surface area (Å²) in [5.74, 6) is 1.28. The van der Waals surface area contributed by atoms with E-state index in [1.807, 2.05) is 29.2 Å². The van der Waals surface area contributed by atoms with Crippen LogP contribution >= 0.6 is 36.4 Å². The van der Waals surface area contributed by atoms with Crippen LogP contribution in [0.1, 0.15) is 19.8 Å². The first kappa shape index (κ1) is 24.3. The number of piperidine rings is 1. The van der Waals surface area contributed by atoms with E-state index in [0.29, 0.717) is 23.6 Å². The number of para-hydroxylation sites is 1. The molecule has 1 aromatic rings. The normalized spacial score (nSPS) is 23.1. The van der Waals surface area contributed by atoms with E-state index in [1.165, 1.54) is 0 Å². The molecule has 0 spiro atoms. The van der Waals surface area contributed by atoms with Crippen LogP contribution in [-0.2, 0) is 4.79 Å². The number of amides is 1. The molecule has 0 radical (unpaired) electrons. The van der Waals surface area contributed by atoms with Crippen LogP contribution in [0, 0.1) is 5.92 Å². The Kier molecular flexibility index (Phi) is 10.8. The number of rotatable bonds is 5. The van der Waals surface area contributed by atoms with Crippen molar-refractivity contribution in [1.82, 2.24) is 15.1 Å². The molecule has 3 rings (SSSR count). The molecule has 0 saturated carbocycles. The summed E-state index contributed by atoms with van der Waals surface area (Å²) >= 11 is 6.10. The Morgan fingerprint density at radius 3 is 2.59 bits per heavy atom. The zero-order valence-corrected chi connectivity index (χ0v) is 18.1. The summed E-state index contributed by atoms with van der Waals surface area (Å²) < 4.78 is 5.76. The molecule has 5 nitrogen and oxygen atoms in total. The number of hydrogen-bond acceptors (Lipinski definition) is 4. The van der Waals surface area contributed by atoms with Gasteiger partial charge < -0.3 is 15.0 Å². The Bertz CT molecular complexity index is 583. The molecule has 154 valence electrons. The van der Waals surface area contributed by atoms with Gasteiger partial charge in [-0.2, -0.15) is 0 Å². The fourth-order valence-corrected chi connectivity index (χ4v) is 3.84. The molecule has 2 atom stereocenters. The van der Waals surface area contributed by atoms with Crippen LogP contribution in [0.5, 0.6) is 5.75 Å². The number of piperazine rings is 1. The minimum Gasteiger partial charge on any atom is -0.491 e. The van der Waals surface area contributed by atoms with Crippen LogP contribution in [-0.4, -0.2) is 67.6 Å². The Balaban J connectivity index is 0.00000182. The minimum atomic E-state index is 0. The van der Waals surface area contributed by atoms with Crippen molar-refractivity contribution >= 4 is 42.3 Å². The fraction of sp³-hybridized carbons (Fsp3) is 0.632. The van der Waals surface area contributed by atoms with Gasteiger partial charge in [0.05, 0.1) is 5.02 Å². The van der Waals surface area contributed by atoms with Crippen molar-refractivity contribution in [2.45, 2.75) is 25.8 Å². The lowest BCUT2D eigenvalue weighted by atomic mass is 9.92. The van der Waals surface area contributed by atoms with Gasteiger partial charge in [-0.25, -0.2) is 0 Å². The zero-order valence-electron chi connectivity index (χ0n) is 15.7. The number of nitrogens with one attached hydrogen (secondary N) is 1. The Morgan fingerprint density at radius 1 is 1.22 bits per heavy atom. The molecule has 0 aromatic heterocycles. The average molecular weight is 439 g/mol. The highest BCUT2D eigenvalue weighted by Gasteiger charge is 2.30. The van der Waals surface area contributed by atoms with E-state index in [0.717, 1.165) is 57.9 Å². The third-order valence-electron chi connectivity index (χ3n) is 5.16. The smallest absolute Gasteiger partial charge is 0.225 e. The van der Waals surface area contributed by atoms with Gasteiger partial charge in [0.15, 0.2) is 0 Å². The van der Waals surface area contributed by atoms with Crippen molar-refractivity contribution in [2.24, 2.45) is 5.92 Å². The summed E-state index contributed by atoms with van der Waals surface area (Å²) in [7, 11) is 0. The predicted molar refractivity (Wildman–Crippen MR) is 115 cm³/mol. The van der Waals surface area contributed by atoms with Crippen molar-refractivity contribution in [1.29, 1.82) is 0 Å². The maximum atomic E-state index is 12.7. The number of hydrogen-bond donors (Lipinski definition) is 1. The molecule has 0 unspecified atom stereocenters. The van der Waals surface area contributed by atoms with E-state index in [4.69, 9.17) is 16.3 Å². The van der Waals surface area contributed by atoms with Gasteiger partial charge in [-0.15, -0.1) is 24.8 Å². The van der Waals surface area contributed by atoms with E-state index >= 15 is 0 Å². The molecule has 2 aliphatic heterocycles. The predicted octanol–water partition coefficient (Wildman–Crippen LogP) is 3.09. The van der Waals surface area contributed by atoms with E-state index in [2.05, 4.69) is 17.1 Å². The number of carbonyl (C=O) groups is 1. The molecule has 1 aromatic carbocycles. The Labute approximate surface area is 179 Å². The van der Waals surface area contributed by atoms with Gasteiger partial charge >= 0.3 is 0 Å². The highest BCUT2D eigenvalue weighted by atomic mass is 35.5. The largest absolute Gasteiger partial charge is 0.491 e. The molecule has 8 heteroatoms. The first-order valence-electron chi connectivity index (χ1n) is 9.25. The second-order valence-corrected chi connectivity index (χ2v) is 7.43.